The van der Waals surface area contributed by atoms with Gasteiger partial charge in [0.1, 0.15) is 5.94 Å². The molecule has 0 fully saturated rings. The maximum Gasteiger partial charge on any atom is 0.160 e. The van der Waals surface area contributed by atoms with Crippen LogP contribution in [0.2, 0.25) is 83.2 Å². The molecule has 2 nitrogen and oxygen atoms in total. The van der Waals surface area contributed by atoms with Gasteiger partial charge in [0.2, 0.25) is 0 Å². The summed E-state index contributed by atoms with van der Waals surface area (Å²) in [4.78, 5) is 26.4. The van der Waals surface area contributed by atoms with E-state index in [9.17, 15) is 9.59 Å². The van der Waals surface area contributed by atoms with Crippen LogP contribution in [0.1, 0.15) is 0 Å². The van der Waals surface area contributed by atoms with Crippen LogP contribution in [0.5, 0.6) is 0 Å². The molecule has 0 saturated carbocycles. The van der Waals surface area contributed by atoms with E-state index in [-0.39, 0.29) is 0 Å². The fourth-order valence-electron chi connectivity index (χ4n) is 4.88. The summed E-state index contributed by atoms with van der Waals surface area (Å²) in [6, 6.07) is 0. The molecule has 6 heteroatoms. The highest BCUT2D eigenvalue weighted by Crippen LogP contribution is 2.62. The predicted molar refractivity (Wildman–Crippen MR) is 117 cm³/mol. The van der Waals surface area contributed by atoms with Crippen molar-refractivity contribution in [2.24, 2.45) is 0 Å². The van der Waals surface area contributed by atoms with E-state index in [0.29, 0.717) is 5.78 Å². The largest absolute Gasteiger partial charge is 0.295 e. The van der Waals surface area contributed by atoms with Gasteiger partial charge in [-0.05, 0) is 10.4 Å². The lowest BCUT2D eigenvalue weighted by atomic mass is 10.2. The second kappa shape index (κ2) is 5.88. The molecule has 0 spiro atoms. The van der Waals surface area contributed by atoms with Crippen LogP contribution in [-0.4, -0.2) is 44.0 Å². The molecule has 0 aromatic heterocycles. The molecular formula is C18H36O2Si4. The fraction of sp³-hybridized carbons (Fsp3) is 0.722. The highest BCUT2D eigenvalue weighted by Gasteiger charge is 2.67. The van der Waals surface area contributed by atoms with Crippen molar-refractivity contribution in [3.05, 3.63) is 16.0 Å². The first-order valence-electron chi connectivity index (χ1n) is 8.91. The standard InChI is InChI=1S/C18H36O2Si4/c1-21(2,3)15-14(13-19)18(23(7,8)9,24(10,11)12)17(20)16(15)22(4,5)6/h1-12H3. The Hall–Kier alpha value is -0.272. The molecule has 1 rings (SSSR count). The van der Waals surface area contributed by atoms with Crippen LogP contribution in [-0.2, 0) is 9.59 Å². The van der Waals surface area contributed by atoms with Gasteiger partial charge in [-0.25, -0.2) is 4.79 Å². The van der Waals surface area contributed by atoms with E-state index >= 15 is 0 Å². The maximum atomic E-state index is 14.1. The number of rotatable bonds is 4. The van der Waals surface area contributed by atoms with E-state index in [1.165, 1.54) is 5.20 Å². The van der Waals surface area contributed by atoms with E-state index in [1.54, 1.807) is 0 Å². The van der Waals surface area contributed by atoms with Gasteiger partial charge in [0, 0.05) is 5.57 Å². The summed E-state index contributed by atoms with van der Waals surface area (Å²) in [6.45, 7) is 27.2. The lowest BCUT2D eigenvalue weighted by molar-refractivity contribution is -0.115. The van der Waals surface area contributed by atoms with Gasteiger partial charge >= 0.3 is 0 Å². The summed E-state index contributed by atoms with van der Waals surface area (Å²) in [6.07, 6.45) is 0. The molecule has 0 aromatic carbocycles. The molecule has 0 aromatic rings. The van der Waals surface area contributed by atoms with Crippen LogP contribution >= 0.6 is 0 Å². The molecule has 1 aliphatic carbocycles. The normalized spacial score (nSPS) is 19.8. The third-order valence-electron chi connectivity index (χ3n) is 5.29. The Balaban J connectivity index is 4.14. The topological polar surface area (TPSA) is 34.1 Å². The fourth-order valence-corrected chi connectivity index (χ4v) is 23.7. The van der Waals surface area contributed by atoms with Gasteiger partial charge < -0.3 is 0 Å². The zero-order chi connectivity index (χ0) is 19.5. The molecule has 0 aliphatic heterocycles. The Morgan fingerprint density at radius 2 is 1.00 bits per heavy atom. The second-order valence-electron chi connectivity index (χ2n) is 11.3. The van der Waals surface area contributed by atoms with Crippen molar-refractivity contribution in [2.45, 2.75) is 83.2 Å². The van der Waals surface area contributed by atoms with E-state index in [0.717, 1.165) is 10.8 Å². The SMILES string of the molecule is C[Si](C)(C)C1=C([Si](C)(C)C)C(=C=O)C([Si](C)(C)C)([Si](C)(C)C)C1=O. The Labute approximate surface area is 152 Å². The van der Waals surface area contributed by atoms with Crippen LogP contribution in [0.25, 0.3) is 0 Å². The van der Waals surface area contributed by atoms with Gasteiger partial charge in [-0.2, -0.15) is 0 Å². The van der Waals surface area contributed by atoms with Gasteiger partial charge in [-0.1, -0.05) is 78.6 Å². The Kier molecular flexibility index (Phi) is 5.33. The summed E-state index contributed by atoms with van der Waals surface area (Å²) in [5.74, 6) is 2.70. The number of carbonyl (C=O) groups is 1. The zero-order valence-corrected chi connectivity index (χ0v) is 21.8. The first-order chi connectivity index (χ1) is 10.3. The molecule has 0 unspecified atom stereocenters. The number of hydrogen-bond acceptors (Lipinski definition) is 2. The van der Waals surface area contributed by atoms with Crippen LogP contribution in [0.3, 0.4) is 0 Å². The van der Waals surface area contributed by atoms with Crippen LogP contribution in [0.15, 0.2) is 16.0 Å². The van der Waals surface area contributed by atoms with E-state index in [1.807, 2.05) is 0 Å². The third kappa shape index (κ3) is 3.01. The molecule has 1 aliphatic rings. The van der Waals surface area contributed by atoms with Crippen molar-refractivity contribution in [1.82, 2.24) is 0 Å². The zero-order valence-electron chi connectivity index (χ0n) is 17.8. The van der Waals surface area contributed by atoms with Gasteiger partial charge in [0.05, 0.1) is 37.0 Å². The minimum absolute atomic E-state index is 0.329. The van der Waals surface area contributed by atoms with Crippen molar-refractivity contribution in [3.8, 4) is 0 Å². The quantitative estimate of drug-likeness (QED) is 0.475. The summed E-state index contributed by atoms with van der Waals surface area (Å²) in [5, 5.41) is 2.25. The highest BCUT2D eigenvalue weighted by molar-refractivity contribution is 7.08. The molecule has 136 valence electrons. The minimum Gasteiger partial charge on any atom is -0.295 e. The van der Waals surface area contributed by atoms with E-state index in [2.05, 4.69) is 84.5 Å². The van der Waals surface area contributed by atoms with Gasteiger partial charge in [0.15, 0.2) is 5.78 Å². The Morgan fingerprint density at radius 3 is 1.21 bits per heavy atom. The summed E-state index contributed by atoms with van der Waals surface area (Å²) < 4.78 is -0.521. The summed E-state index contributed by atoms with van der Waals surface area (Å²) >= 11 is 0. The monoisotopic (exact) mass is 396 g/mol. The summed E-state index contributed by atoms with van der Waals surface area (Å²) in [5.41, 5.74) is 0.794. The summed E-state index contributed by atoms with van der Waals surface area (Å²) in [7, 11) is -7.65. The van der Waals surface area contributed by atoms with Crippen molar-refractivity contribution in [1.29, 1.82) is 0 Å². The number of allylic oxidation sites excluding steroid dienone is 3. The van der Waals surface area contributed by atoms with Gasteiger partial charge in [0.25, 0.3) is 0 Å². The van der Waals surface area contributed by atoms with Crippen molar-refractivity contribution in [3.63, 3.8) is 0 Å². The van der Waals surface area contributed by atoms with Crippen LogP contribution < -0.4 is 0 Å². The molecule has 0 bridgehead atoms. The molecule has 0 radical (unpaired) electrons. The van der Waals surface area contributed by atoms with Crippen LogP contribution in [0, 0.1) is 0 Å². The van der Waals surface area contributed by atoms with Gasteiger partial charge in [-0.3, -0.25) is 4.79 Å². The Bertz CT molecular complexity index is 626. The number of carbonyl (C=O) groups excluding carboxylic acids is 2. The number of ketones is 1. The lowest BCUT2D eigenvalue weighted by Crippen LogP contribution is -2.59. The van der Waals surface area contributed by atoms with Crippen molar-refractivity contribution < 1.29 is 9.59 Å². The van der Waals surface area contributed by atoms with E-state index in [4.69, 9.17) is 0 Å². The molecule has 0 atom stereocenters. The predicted octanol–water partition coefficient (Wildman–Crippen LogP) is 5.33. The maximum absolute atomic E-state index is 14.1. The van der Waals surface area contributed by atoms with Crippen LogP contribution in [0.4, 0.5) is 0 Å². The molecule has 0 N–H and O–H groups in total. The second-order valence-corrected chi connectivity index (χ2v) is 32.3. The molecule has 0 heterocycles. The van der Waals surface area contributed by atoms with Gasteiger partial charge in [-0.15, -0.1) is 0 Å². The lowest BCUT2D eigenvalue weighted by Gasteiger charge is -2.49. The van der Waals surface area contributed by atoms with Crippen molar-refractivity contribution >= 4 is 44.0 Å². The van der Waals surface area contributed by atoms with Crippen molar-refractivity contribution in [2.75, 3.05) is 0 Å². The smallest absolute Gasteiger partial charge is 0.160 e. The number of Topliss-reactive ketones (excluding diaryl/α,β-unsaturated/α-hetero) is 1. The number of hydrogen-bond donors (Lipinski definition) is 0. The highest BCUT2D eigenvalue weighted by atomic mass is 28.4. The average Bonchev–Trinajstić information content (AvgIpc) is 2.56. The first kappa shape index (κ1) is 21.8. The minimum atomic E-state index is -1.98. The molecular weight excluding hydrogens is 361 g/mol. The molecule has 0 amide bonds. The van der Waals surface area contributed by atoms with E-state index < -0.39 is 37.0 Å². The Morgan fingerprint density at radius 1 is 0.667 bits per heavy atom. The molecule has 24 heavy (non-hydrogen) atoms. The third-order valence-corrected chi connectivity index (χ3v) is 19.5. The average molecular weight is 397 g/mol. The molecule has 0 saturated heterocycles. The first-order valence-corrected chi connectivity index (χ1v) is 22.9.